The van der Waals surface area contributed by atoms with Gasteiger partial charge in [0.05, 0.1) is 4.92 Å². The Morgan fingerprint density at radius 1 is 1.08 bits per heavy atom. The minimum absolute atomic E-state index is 0.0126. The zero-order chi connectivity index (χ0) is 18.6. The van der Waals surface area contributed by atoms with Crippen molar-refractivity contribution in [1.29, 1.82) is 0 Å². The molecule has 0 saturated carbocycles. The van der Waals surface area contributed by atoms with E-state index < -0.39 is 10.8 Å². The predicted octanol–water partition coefficient (Wildman–Crippen LogP) is 4.10. The first-order valence-electron chi connectivity index (χ1n) is 7.44. The lowest BCUT2D eigenvalue weighted by Gasteiger charge is -2.10. The molecule has 2 aromatic carbocycles. The maximum atomic E-state index is 12.3. The number of nitro benzene ring substituents is 1. The third-order valence-electron chi connectivity index (χ3n) is 3.32. The summed E-state index contributed by atoms with van der Waals surface area (Å²) in [4.78, 5) is 34.3. The number of carbonyl (C=O) groups excluding carboxylic acids is 2. The number of nitro groups is 1. The monoisotopic (exact) mass is 361 g/mol. The molecule has 2 aromatic rings. The Morgan fingerprint density at radius 3 is 2.40 bits per heavy atom. The Balaban J connectivity index is 2.17. The first-order valence-corrected chi connectivity index (χ1v) is 7.82. The minimum Gasteiger partial charge on any atom is -0.326 e. The first-order chi connectivity index (χ1) is 11.8. The summed E-state index contributed by atoms with van der Waals surface area (Å²) in [5.41, 5.74) is 0.753. The third kappa shape index (κ3) is 4.77. The van der Waals surface area contributed by atoms with Crippen molar-refractivity contribution in [3.63, 3.8) is 0 Å². The van der Waals surface area contributed by atoms with Gasteiger partial charge in [-0.15, -0.1) is 0 Å². The van der Waals surface area contributed by atoms with Crippen LogP contribution in [0, 0.1) is 16.0 Å². The highest BCUT2D eigenvalue weighted by molar-refractivity contribution is 6.32. The molecule has 2 N–H and O–H groups in total. The van der Waals surface area contributed by atoms with Gasteiger partial charge in [-0.25, -0.2) is 0 Å². The van der Waals surface area contributed by atoms with Gasteiger partial charge in [-0.2, -0.15) is 0 Å². The number of amides is 2. The summed E-state index contributed by atoms with van der Waals surface area (Å²) in [6.07, 6.45) is 0. The van der Waals surface area contributed by atoms with Crippen LogP contribution in [-0.2, 0) is 4.79 Å². The molecular weight excluding hydrogens is 346 g/mol. The number of halogens is 1. The Morgan fingerprint density at radius 2 is 1.76 bits per heavy atom. The molecule has 0 heterocycles. The molecule has 0 spiro atoms. The fraction of sp³-hybridized carbons (Fsp3) is 0.176. The zero-order valence-electron chi connectivity index (χ0n) is 13.6. The van der Waals surface area contributed by atoms with Crippen molar-refractivity contribution in [3.05, 3.63) is 63.2 Å². The van der Waals surface area contributed by atoms with Gasteiger partial charge in [-0.3, -0.25) is 19.7 Å². The molecule has 0 aliphatic rings. The molecule has 0 unspecified atom stereocenters. The summed E-state index contributed by atoms with van der Waals surface area (Å²) in [6, 6.07) is 10.4. The van der Waals surface area contributed by atoms with Crippen LogP contribution < -0.4 is 10.6 Å². The highest BCUT2D eigenvalue weighted by Gasteiger charge is 2.15. The fourth-order valence-corrected chi connectivity index (χ4v) is 2.14. The van der Waals surface area contributed by atoms with Gasteiger partial charge in [0, 0.05) is 28.9 Å². The Bertz CT molecular complexity index is 836. The van der Waals surface area contributed by atoms with Crippen LogP contribution in [0.5, 0.6) is 0 Å². The molecule has 0 atom stereocenters. The number of benzene rings is 2. The lowest BCUT2D eigenvalue weighted by Crippen LogP contribution is -2.18. The molecule has 130 valence electrons. The van der Waals surface area contributed by atoms with Gasteiger partial charge in [0.2, 0.25) is 5.91 Å². The van der Waals surface area contributed by atoms with E-state index in [1.807, 2.05) is 0 Å². The summed E-state index contributed by atoms with van der Waals surface area (Å²) in [6.45, 7) is 3.53. The molecule has 0 aliphatic carbocycles. The average molecular weight is 362 g/mol. The van der Waals surface area contributed by atoms with Gasteiger partial charge >= 0.3 is 0 Å². The van der Waals surface area contributed by atoms with Crippen LogP contribution in [-0.4, -0.2) is 16.7 Å². The number of hydrogen-bond acceptors (Lipinski definition) is 4. The molecule has 0 saturated heterocycles. The number of rotatable bonds is 5. The quantitative estimate of drug-likeness (QED) is 0.618. The molecule has 25 heavy (non-hydrogen) atoms. The average Bonchev–Trinajstić information content (AvgIpc) is 2.56. The van der Waals surface area contributed by atoms with Crippen LogP contribution in [0.15, 0.2) is 42.5 Å². The van der Waals surface area contributed by atoms with Gasteiger partial charge < -0.3 is 10.6 Å². The highest BCUT2D eigenvalue weighted by Crippen LogP contribution is 2.27. The minimum atomic E-state index is -0.625. The standard InChI is InChI=1S/C17H16ClN3O4/c1-10(2)16(22)19-12-5-3-4-11(8-12)17(23)20-13-6-7-14(18)15(9-13)21(24)25/h3-10H,1-2H3,(H,19,22)(H,20,23). The highest BCUT2D eigenvalue weighted by atomic mass is 35.5. The Labute approximate surface area is 149 Å². The molecule has 8 heteroatoms. The summed E-state index contributed by atoms with van der Waals surface area (Å²) < 4.78 is 0. The number of carbonyl (C=O) groups is 2. The van der Waals surface area contributed by atoms with Crippen molar-refractivity contribution in [1.82, 2.24) is 0 Å². The lowest BCUT2D eigenvalue weighted by molar-refractivity contribution is -0.384. The topological polar surface area (TPSA) is 101 Å². The van der Waals surface area contributed by atoms with Crippen LogP contribution in [0.4, 0.5) is 17.1 Å². The zero-order valence-corrected chi connectivity index (χ0v) is 14.3. The smallest absolute Gasteiger partial charge is 0.289 e. The number of nitrogens with zero attached hydrogens (tertiary/aromatic N) is 1. The predicted molar refractivity (Wildman–Crippen MR) is 96.0 cm³/mol. The lowest BCUT2D eigenvalue weighted by atomic mass is 10.1. The number of nitrogens with one attached hydrogen (secondary N) is 2. The molecule has 0 bridgehead atoms. The van der Waals surface area contributed by atoms with E-state index in [9.17, 15) is 19.7 Å². The first kappa shape index (κ1) is 18.4. The van der Waals surface area contributed by atoms with Crippen molar-refractivity contribution in [3.8, 4) is 0 Å². The van der Waals surface area contributed by atoms with Gasteiger partial charge in [-0.1, -0.05) is 31.5 Å². The van der Waals surface area contributed by atoms with E-state index in [0.717, 1.165) is 0 Å². The van der Waals surface area contributed by atoms with E-state index >= 15 is 0 Å². The van der Waals surface area contributed by atoms with E-state index in [-0.39, 0.29) is 28.2 Å². The molecule has 2 rings (SSSR count). The van der Waals surface area contributed by atoms with Crippen LogP contribution in [0.2, 0.25) is 5.02 Å². The van der Waals surface area contributed by atoms with Crippen LogP contribution in [0.25, 0.3) is 0 Å². The van der Waals surface area contributed by atoms with Crippen molar-refractivity contribution >= 4 is 40.5 Å². The normalized spacial score (nSPS) is 10.4. The van der Waals surface area contributed by atoms with E-state index in [4.69, 9.17) is 11.6 Å². The van der Waals surface area contributed by atoms with E-state index in [0.29, 0.717) is 11.3 Å². The number of hydrogen-bond donors (Lipinski definition) is 2. The van der Waals surface area contributed by atoms with E-state index in [2.05, 4.69) is 10.6 Å². The SMILES string of the molecule is CC(C)C(=O)Nc1cccc(C(=O)Nc2ccc(Cl)c([N+](=O)[O-])c2)c1. The van der Waals surface area contributed by atoms with E-state index in [1.165, 1.54) is 24.3 Å². The third-order valence-corrected chi connectivity index (χ3v) is 3.64. The summed E-state index contributed by atoms with van der Waals surface area (Å²) >= 11 is 5.74. The summed E-state index contributed by atoms with van der Waals surface area (Å²) in [5, 5.41) is 16.2. The van der Waals surface area contributed by atoms with Gasteiger partial charge in [0.15, 0.2) is 0 Å². The fourth-order valence-electron chi connectivity index (χ4n) is 1.96. The van der Waals surface area contributed by atoms with Gasteiger partial charge in [-0.05, 0) is 30.3 Å². The summed E-state index contributed by atoms with van der Waals surface area (Å²) in [7, 11) is 0. The molecule has 7 nitrogen and oxygen atoms in total. The summed E-state index contributed by atoms with van der Waals surface area (Å²) in [5.74, 6) is -0.810. The second kappa shape index (κ2) is 7.76. The Hall–Kier alpha value is -2.93. The van der Waals surface area contributed by atoms with Crippen LogP contribution in [0.3, 0.4) is 0 Å². The largest absolute Gasteiger partial charge is 0.326 e. The van der Waals surface area contributed by atoms with Crippen molar-refractivity contribution < 1.29 is 14.5 Å². The van der Waals surface area contributed by atoms with Gasteiger partial charge in [0.25, 0.3) is 11.6 Å². The molecule has 0 radical (unpaired) electrons. The van der Waals surface area contributed by atoms with Crippen molar-refractivity contribution in [2.75, 3.05) is 10.6 Å². The molecular formula is C17H16ClN3O4. The van der Waals surface area contributed by atoms with Crippen LogP contribution >= 0.6 is 11.6 Å². The molecule has 0 aliphatic heterocycles. The molecule has 2 amide bonds. The molecule has 0 aromatic heterocycles. The number of anilines is 2. The van der Waals surface area contributed by atoms with E-state index in [1.54, 1.807) is 32.0 Å². The molecule has 0 fully saturated rings. The second-order valence-electron chi connectivity index (χ2n) is 5.60. The maximum Gasteiger partial charge on any atom is 0.289 e. The second-order valence-corrected chi connectivity index (χ2v) is 6.01. The Kier molecular flexibility index (Phi) is 5.71. The van der Waals surface area contributed by atoms with Crippen molar-refractivity contribution in [2.45, 2.75) is 13.8 Å². The van der Waals surface area contributed by atoms with Gasteiger partial charge in [0.1, 0.15) is 5.02 Å². The van der Waals surface area contributed by atoms with Crippen LogP contribution in [0.1, 0.15) is 24.2 Å². The van der Waals surface area contributed by atoms with Crippen molar-refractivity contribution in [2.24, 2.45) is 5.92 Å². The maximum absolute atomic E-state index is 12.3.